The van der Waals surface area contributed by atoms with Crippen LogP contribution in [0.4, 0.5) is 0 Å². The number of allylic oxidation sites excluding steroid dienone is 1. The van der Waals surface area contributed by atoms with Gasteiger partial charge in [-0.05, 0) is 0 Å². The molecule has 58 valence electrons. The largest absolute Gasteiger partial charge is 0.479 e. The van der Waals surface area contributed by atoms with E-state index in [2.05, 4.69) is 6.58 Å². The second-order valence-corrected chi connectivity index (χ2v) is 3.34. The van der Waals surface area contributed by atoms with Crippen LogP contribution < -0.4 is 0 Å². The quantitative estimate of drug-likeness (QED) is 0.537. The fourth-order valence-corrected chi connectivity index (χ4v) is 0.521. The lowest BCUT2D eigenvalue weighted by Crippen LogP contribution is -2.31. The number of carboxylic acid groups (broad SMARTS) is 1. The van der Waals surface area contributed by atoms with Crippen LogP contribution in [0.15, 0.2) is 12.7 Å². The number of alkyl halides is 2. The highest BCUT2D eigenvalue weighted by molar-refractivity contribution is 6.57. The van der Waals surface area contributed by atoms with Crippen molar-refractivity contribution in [2.45, 2.75) is 11.3 Å². The van der Waals surface area contributed by atoms with E-state index in [0.29, 0.717) is 0 Å². The molecule has 4 heteroatoms. The van der Waals surface area contributed by atoms with E-state index in [-0.39, 0.29) is 0 Å². The fraction of sp³-hybridized carbons (Fsp3) is 0.500. The molecule has 0 radical (unpaired) electrons. The lowest BCUT2D eigenvalue weighted by molar-refractivity contribution is -0.138. The lowest BCUT2D eigenvalue weighted by Gasteiger charge is -2.18. The van der Waals surface area contributed by atoms with Gasteiger partial charge >= 0.3 is 5.97 Å². The Hall–Kier alpha value is -0.210. The third kappa shape index (κ3) is 1.89. The molecular formula is C6H8Cl2O2. The molecule has 0 heterocycles. The first-order valence-corrected chi connectivity index (χ1v) is 3.42. The molecule has 1 unspecified atom stereocenters. The minimum atomic E-state index is -1.75. The Morgan fingerprint density at radius 1 is 1.80 bits per heavy atom. The van der Waals surface area contributed by atoms with Gasteiger partial charge in [0, 0.05) is 5.92 Å². The van der Waals surface area contributed by atoms with E-state index in [1.807, 2.05) is 0 Å². The van der Waals surface area contributed by atoms with E-state index in [1.54, 1.807) is 6.92 Å². The molecule has 0 saturated heterocycles. The van der Waals surface area contributed by atoms with Gasteiger partial charge in [-0.3, -0.25) is 0 Å². The molecule has 0 aromatic rings. The van der Waals surface area contributed by atoms with Crippen molar-refractivity contribution in [3.05, 3.63) is 12.7 Å². The zero-order chi connectivity index (χ0) is 8.36. The average Bonchev–Trinajstić information content (AvgIpc) is 1.86. The number of hydrogen-bond donors (Lipinski definition) is 1. The normalized spacial score (nSPS) is 14.3. The van der Waals surface area contributed by atoms with Crippen LogP contribution in [0.3, 0.4) is 0 Å². The first-order valence-electron chi connectivity index (χ1n) is 2.66. The Kier molecular flexibility index (Phi) is 3.19. The minimum absolute atomic E-state index is 0.465. The predicted octanol–water partition coefficient (Wildman–Crippen LogP) is 2.07. The first kappa shape index (κ1) is 9.79. The highest BCUT2D eigenvalue weighted by atomic mass is 35.5. The topological polar surface area (TPSA) is 37.3 Å². The number of carbonyl (C=O) groups is 1. The summed E-state index contributed by atoms with van der Waals surface area (Å²) in [6.45, 7) is 4.96. The summed E-state index contributed by atoms with van der Waals surface area (Å²) in [5.41, 5.74) is 0. The van der Waals surface area contributed by atoms with E-state index in [9.17, 15) is 4.79 Å². The Balaban J connectivity index is 4.38. The molecule has 1 N–H and O–H groups in total. The number of aliphatic carboxylic acids is 1. The van der Waals surface area contributed by atoms with Crippen molar-refractivity contribution in [1.82, 2.24) is 0 Å². The van der Waals surface area contributed by atoms with Crippen LogP contribution in [0, 0.1) is 5.92 Å². The number of rotatable bonds is 3. The van der Waals surface area contributed by atoms with E-state index >= 15 is 0 Å². The molecule has 0 saturated carbocycles. The highest BCUT2D eigenvalue weighted by Crippen LogP contribution is 2.30. The molecule has 0 rings (SSSR count). The Bertz CT molecular complexity index is 154. The number of halogens is 2. The van der Waals surface area contributed by atoms with Gasteiger partial charge in [-0.15, -0.1) is 6.58 Å². The molecule has 0 fully saturated rings. The molecule has 2 nitrogen and oxygen atoms in total. The SMILES string of the molecule is C=CC(C)C(Cl)(Cl)C(=O)O. The van der Waals surface area contributed by atoms with Gasteiger partial charge in [-0.1, -0.05) is 36.2 Å². The maximum Gasteiger partial charge on any atom is 0.340 e. The van der Waals surface area contributed by atoms with Gasteiger partial charge in [-0.2, -0.15) is 0 Å². The summed E-state index contributed by atoms with van der Waals surface area (Å²) < 4.78 is -1.75. The van der Waals surface area contributed by atoms with Gasteiger partial charge in [0.15, 0.2) is 0 Å². The van der Waals surface area contributed by atoms with Gasteiger partial charge in [0.1, 0.15) is 0 Å². The second-order valence-electron chi connectivity index (χ2n) is 1.95. The van der Waals surface area contributed by atoms with Crippen molar-refractivity contribution in [3.8, 4) is 0 Å². The van der Waals surface area contributed by atoms with Crippen molar-refractivity contribution >= 4 is 29.2 Å². The molecule has 0 amide bonds. The van der Waals surface area contributed by atoms with Gasteiger partial charge in [0.2, 0.25) is 4.33 Å². The van der Waals surface area contributed by atoms with E-state index in [4.69, 9.17) is 28.3 Å². The van der Waals surface area contributed by atoms with Gasteiger partial charge in [0.05, 0.1) is 0 Å². The van der Waals surface area contributed by atoms with Crippen LogP contribution in [-0.2, 0) is 4.79 Å². The molecule has 0 aromatic carbocycles. The maximum atomic E-state index is 10.3. The third-order valence-electron chi connectivity index (χ3n) is 1.21. The number of hydrogen-bond acceptors (Lipinski definition) is 1. The van der Waals surface area contributed by atoms with Crippen molar-refractivity contribution < 1.29 is 9.90 Å². The average molecular weight is 183 g/mol. The molecule has 0 spiro atoms. The highest BCUT2D eigenvalue weighted by Gasteiger charge is 2.38. The van der Waals surface area contributed by atoms with Crippen LogP contribution in [-0.4, -0.2) is 15.4 Å². The fourth-order valence-electron chi connectivity index (χ4n) is 0.343. The maximum absolute atomic E-state index is 10.3. The molecule has 0 aromatic heterocycles. The van der Waals surface area contributed by atoms with Crippen LogP contribution in [0.1, 0.15) is 6.92 Å². The van der Waals surface area contributed by atoms with Crippen molar-refractivity contribution in [3.63, 3.8) is 0 Å². The summed E-state index contributed by atoms with van der Waals surface area (Å²) in [6, 6.07) is 0. The molecular weight excluding hydrogens is 175 g/mol. The third-order valence-corrected chi connectivity index (χ3v) is 2.22. The molecule has 10 heavy (non-hydrogen) atoms. The summed E-state index contributed by atoms with van der Waals surface area (Å²) in [7, 11) is 0. The Morgan fingerprint density at radius 2 is 2.20 bits per heavy atom. The first-order chi connectivity index (χ1) is 4.42. The van der Waals surface area contributed by atoms with Crippen molar-refractivity contribution in [2.75, 3.05) is 0 Å². The van der Waals surface area contributed by atoms with E-state index in [0.717, 1.165) is 0 Å². The molecule has 0 bridgehead atoms. The zero-order valence-corrected chi connectivity index (χ0v) is 6.99. The standard InChI is InChI=1S/C6H8Cl2O2/c1-3-4(2)6(7,8)5(9)10/h3-4H,1H2,2H3,(H,9,10). The summed E-state index contributed by atoms with van der Waals surface area (Å²) in [4.78, 5) is 10.3. The van der Waals surface area contributed by atoms with Crippen LogP contribution in [0.25, 0.3) is 0 Å². The van der Waals surface area contributed by atoms with Crippen LogP contribution in [0.5, 0.6) is 0 Å². The lowest BCUT2D eigenvalue weighted by atomic mass is 10.1. The second kappa shape index (κ2) is 3.26. The summed E-state index contributed by atoms with van der Waals surface area (Å²) in [6.07, 6.45) is 1.40. The van der Waals surface area contributed by atoms with Crippen molar-refractivity contribution in [2.24, 2.45) is 5.92 Å². The molecule has 1 atom stereocenters. The predicted molar refractivity (Wildman–Crippen MR) is 41.4 cm³/mol. The minimum Gasteiger partial charge on any atom is -0.479 e. The van der Waals surface area contributed by atoms with Gasteiger partial charge in [-0.25, -0.2) is 4.79 Å². The smallest absolute Gasteiger partial charge is 0.340 e. The van der Waals surface area contributed by atoms with Gasteiger partial charge in [0.25, 0.3) is 0 Å². The van der Waals surface area contributed by atoms with E-state index < -0.39 is 16.2 Å². The Labute approximate surface area is 69.4 Å². The van der Waals surface area contributed by atoms with Crippen LogP contribution >= 0.6 is 23.2 Å². The summed E-state index contributed by atoms with van der Waals surface area (Å²) in [5, 5.41) is 8.43. The van der Waals surface area contributed by atoms with Crippen molar-refractivity contribution in [1.29, 1.82) is 0 Å². The zero-order valence-electron chi connectivity index (χ0n) is 5.47. The monoisotopic (exact) mass is 182 g/mol. The van der Waals surface area contributed by atoms with Gasteiger partial charge < -0.3 is 5.11 Å². The molecule has 0 aliphatic carbocycles. The molecule has 0 aliphatic rings. The van der Waals surface area contributed by atoms with Crippen LogP contribution in [0.2, 0.25) is 0 Å². The van der Waals surface area contributed by atoms with E-state index in [1.165, 1.54) is 6.08 Å². The summed E-state index contributed by atoms with van der Waals surface area (Å²) in [5.74, 6) is -1.71. The number of carboxylic acids is 1. The Morgan fingerprint density at radius 3 is 2.30 bits per heavy atom. The molecule has 0 aliphatic heterocycles. The summed E-state index contributed by atoms with van der Waals surface area (Å²) >= 11 is 10.8.